The molecule has 0 saturated carbocycles. The number of rotatable bonds is 10. The first-order valence-electron chi connectivity index (χ1n) is 11.2. The highest BCUT2D eigenvalue weighted by atomic mass is 31.2. The van der Waals surface area contributed by atoms with E-state index in [1.165, 1.54) is 0 Å². The second-order valence-corrected chi connectivity index (χ2v) is 9.57. The van der Waals surface area contributed by atoms with Crippen molar-refractivity contribution in [1.29, 1.82) is 0 Å². The third kappa shape index (κ3) is 6.31. The number of hydrogen-bond donors (Lipinski definition) is 1. The molecule has 1 N–H and O–H groups in total. The van der Waals surface area contributed by atoms with Crippen molar-refractivity contribution < 1.29 is 23.1 Å². The van der Waals surface area contributed by atoms with Crippen LogP contribution in [0.2, 0.25) is 0 Å². The Hall–Kier alpha value is -4.02. The zero-order valence-corrected chi connectivity index (χ0v) is 20.1. The van der Waals surface area contributed by atoms with E-state index in [4.69, 9.17) is 13.8 Å². The molecule has 0 aromatic heterocycles. The van der Waals surface area contributed by atoms with Crippen LogP contribution < -0.4 is 14.4 Å². The SMILES string of the molecule is CCOC(=O)c1ccc(N[C@H](c2ccccc2)P(=O)(Oc2ccccc2)Oc2ccccc2)cc1. The minimum atomic E-state index is -3.90. The van der Waals surface area contributed by atoms with Crippen LogP contribution >= 0.6 is 7.60 Å². The lowest BCUT2D eigenvalue weighted by Gasteiger charge is -2.29. The quantitative estimate of drug-likeness (QED) is 0.187. The molecule has 1 atom stereocenters. The summed E-state index contributed by atoms with van der Waals surface area (Å²) >= 11 is 0. The normalized spacial score (nSPS) is 11.8. The van der Waals surface area contributed by atoms with Crippen molar-refractivity contribution in [2.45, 2.75) is 12.7 Å². The van der Waals surface area contributed by atoms with Gasteiger partial charge in [0.05, 0.1) is 12.2 Å². The van der Waals surface area contributed by atoms with Gasteiger partial charge in [0.2, 0.25) is 0 Å². The van der Waals surface area contributed by atoms with Crippen LogP contribution in [0, 0.1) is 0 Å². The van der Waals surface area contributed by atoms with Crippen molar-refractivity contribution in [3.63, 3.8) is 0 Å². The number of benzene rings is 4. The summed E-state index contributed by atoms with van der Waals surface area (Å²) in [6.45, 7) is 2.06. The maximum atomic E-state index is 14.5. The van der Waals surface area contributed by atoms with Crippen LogP contribution in [-0.2, 0) is 9.30 Å². The van der Waals surface area contributed by atoms with Gasteiger partial charge >= 0.3 is 13.6 Å². The van der Waals surface area contributed by atoms with Gasteiger partial charge < -0.3 is 19.1 Å². The summed E-state index contributed by atoms with van der Waals surface area (Å²) in [4.78, 5) is 12.0. The fourth-order valence-electron chi connectivity index (χ4n) is 3.44. The number of anilines is 1. The summed E-state index contributed by atoms with van der Waals surface area (Å²) in [5, 5.41) is 3.31. The Kier molecular flexibility index (Phi) is 7.86. The third-order valence-electron chi connectivity index (χ3n) is 5.08. The first-order chi connectivity index (χ1) is 17.1. The summed E-state index contributed by atoms with van der Waals surface area (Å²) in [6, 6.07) is 34.0. The van der Waals surface area contributed by atoms with Crippen molar-refractivity contribution >= 4 is 19.3 Å². The molecule has 0 amide bonds. The molecule has 4 aromatic carbocycles. The zero-order valence-electron chi connectivity index (χ0n) is 19.2. The number of para-hydroxylation sites is 2. The Bertz CT molecular complexity index is 1220. The van der Waals surface area contributed by atoms with E-state index in [2.05, 4.69) is 5.32 Å². The number of nitrogens with one attached hydrogen (secondary N) is 1. The molecule has 0 radical (unpaired) electrons. The Morgan fingerprint density at radius 1 is 0.743 bits per heavy atom. The predicted octanol–water partition coefficient (Wildman–Crippen LogP) is 7.33. The van der Waals surface area contributed by atoms with E-state index >= 15 is 0 Å². The van der Waals surface area contributed by atoms with E-state index in [0.717, 1.165) is 5.56 Å². The van der Waals surface area contributed by atoms with Gasteiger partial charge in [-0.15, -0.1) is 0 Å². The van der Waals surface area contributed by atoms with E-state index in [0.29, 0.717) is 29.4 Å². The van der Waals surface area contributed by atoms with Crippen LogP contribution in [-0.4, -0.2) is 12.6 Å². The molecular weight excluding hydrogens is 461 g/mol. The molecule has 4 rings (SSSR count). The lowest BCUT2D eigenvalue weighted by atomic mass is 10.2. The molecule has 7 heteroatoms. The van der Waals surface area contributed by atoms with E-state index in [1.807, 2.05) is 42.5 Å². The lowest BCUT2D eigenvalue weighted by Crippen LogP contribution is -2.18. The molecule has 4 aromatic rings. The first-order valence-corrected chi connectivity index (χ1v) is 12.9. The standard InChI is InChI=1S/C28H26NO5P/c1-2-32-28(30)23-18-20-24(21-19-23)29-27(22-12-6-3-7-13-22)35(31,33-25-14-8-4-9-15-25)34-26-16-10-5-11-17-26/h3-21,27,29H,2H2,1H3/t27-/m0/s1. The molecule has 0 heterocycles. The fraction of sp³-hybridized carbons (Fsp3) is 0.107. The molecular formula is C28H26NO5P. The molecule has 0 aliphatic heterocycles. The molecule has 0 spiro atoms. The summed E-state index contributed by atoms with van der Waals surface area (Å²) in [5.41, 5.74) is 1.79. The topological polar surface area (TPSA) is 73.9 Å². The molecule has 0 unspecified atom stereocenters. The van der Waals surface area contributed by atoms with Gasteiger partial charge in [-0.25, -0.2) is 9.36 Å². The van der Waals surface area contributed by atoms with Crippen molar-refractivity contribution in [3.8, 4) is 11.5 Å². The summed E-state index contributed by atoms with van der Waals surface area (Å²) < 4.78 is 31.8. The van der Waals surface area contributed by atoms with Crippen LogP contribution in [0.1, 0.15) is 28.6 Å². The maximum absolute atomic E-state index is 14.5. The van der Waals surface area contributed by atoms with Crippen LogP contribution in [0.5, 0.6) is 11.5 Å². The molecule has 35 heavy (non-hydrogen) atoms. The molecule has 0 bridgehead atoms. The summed E-state index contributed by atoms with van der Waals surface area (Å²) in [6.07, 6.45) is 0. The highest BCUT2D eigenvalue weighted by Crippen LogP contribution is 2.60. The van der Waals surface area contributed by atoms with Gasteiger partial charge in [-0.3, -0.25) is 0 Å². The monoisotopic (exact) mass is 487 g/mol. The smallest absolute Gasteiger partial charge is 0.457 e. The Morgan fingerprint density at radius 3 is 1.71 bits per heavy atom. The fourth-order valence-corrected chi connectivity index (χ4v) is 5.36. The summed E-state index contributed by atoms with van der Waals surface area (Å²) in [7, 11) is -3.90. The average Bonchev–Trinajstić information content (AvgIpc) is 2.89. The van der Waals surface area contributed by atoms with E-state index in [1.54, 1.807) is 79.7 Å². The van der Waals surface area contributed by atoms with Crippen molar-refractivity contribution in [3.05, 3.63) is 126 Å². The number of ether oxygens (including phenoxy) is 1. The Labute approximate surface area is 205 Å². The van der Waals surface area contributed by atoms with Gasteiger partial charge in [0.25, 0.3) is 0 Å². The van der Waals surface area contributed by atoms with Crippen LogP contribution in [0.3, 0.4) is 0 Å². The van der Waals surface area contributed by atoms with Crippen molar-refractivity contribution in [2.75, 3.05) is 11.9 Å². The van der Waals surface area contributed by atoms with Gasteiger partial charge in [-0.2, -0.15) is 0 Å². The minimum Gasteiger partial charge on any atom is -0.462 e. The number of carbonyl (C=O) groups is 1. The third-order valence-corrected chi connectivity index (χ3v) is 7.07. The lowest BCUT2D eigenvalue weighted by molar-refractivity contribution is 0.0526. The van der Waals surface area contributed by atoms with Crippen LogP contribution in [0.15, 0.2) is 115 Å². The Morgan fingerprint density at radius 2 is 1.23 bits per heavy atom. The van der Waals surface area contributed by atoms with E-state index in [9.17, 15) is 9.36 Å². The van der Waals surface area contributed by atoms with Crippen LogP contribution in [0.25, 0.3) is 0 Å². The highest BCUT2D eigenvalue weighted by Gasteiger charge is 2.41. The van der Waals surface area contributed by atoms with Gasteiger partial charge in [0.15, 0.2) is 5.78 Å². The molecule has 0 saturated heterocycles. The van der Waals surface area contributed by atoms with E-state index in [-0.39, 0.29) is 0 Å². The second-order valence-electron chi connectivity index (χ2n) is 7.60. The van der Waals surface area contributed by atoms with Gasteiger partial charge in [0, 0.05) is 5.69 Å². The predicted molar refractivity (Wildman–Crippen MR) is 137 cm³/mol. The summed E-state index contributed by atoms with van der Waals surface area (Å²) in [5.74, 6) is -0.402. The minimum absolute atomic E-state index is 0.297. The van der Waals surface area contributed by atoms with Gasteiger partial charge in [0.1, 0.15) is 11.5 Å². The van der Waals surface area contributed by atoms with Gasteiger partial charge in [-0.05, 0) is 61.0 Å². The molecule has 0 fully saturated rings. The second kappa shape index (κ2) is 11.4. The Balaban J connectivity index is 1.72. The number of esters is 1. The maximum Gasteiger partial charge on any atom is 0.457 e. The average molecular weight is 487 g/mol. The molecule has 0 aliphatic carbocycles. The van der Waals surface area contributed by atoms with Crippen molar-refractivity contribution in [2.24, 2.45) is 0 Å². The van der Waals surface area contributed by atoms with E-state index < -0.39 is 19.3 Å². The largest absolute Gasteiger partial charge is 0.462 e. The molecule has 0 aliphatic rings. The first kappa shape index (κ1) is 24.1. The molecule has 178 valence electrons. The number of carbonyl (C=O) groups excluding carboxylic acids is 1. The zero-order chi connectivity index (χ0) is 24.5. The van der Waals surface area contributed by atoms with Crippen molar-refractivity contribution in [1.82, 2.24) is 0 Å². The van der Waals surface area contributed by atoms with Crippen LogP contribution in [0.4, 0.5) is 5.69 Å². The number of hydrogen-bond acceptors (Lipinski definition) is 6. The van der Waals surface area contributed by atoms with Gasteiger partial charge in [-0.1, -0.05) is 66.7 Å². The molecule has 6 nitrogen and oxygen atoms in total. The highest BCUT2D eigenvalue weighted by molar-refractivity contribution is 7.55.